The summed E-state index contributed by atoms with van der Waals surface area (Å²) < 4.78 is 5.56. The number of nitrogens with two attached hydrogens (primary N) is 1. The molecule has 1 heterocycles. The van der Waals surface area contributed by atoms with Crippen LogP contribution in [-0.2, 0) is 4.79 Å². The number of likely N-dealkylation sites (tertiary alicyclic amines) is 1. The first-order chi connectivity index (χ1) is 12.0. The molecule has 1 aliphatic rings. The maximum atomic E-state index is 12.4. The van der Waals surface area contributed by atoms with Gasteiger partial charge in [0.1, 0.15) is 5.75 Å². The van der Waals surface area contributed by atoms with Gasteiger partial charge in [-0.3, -0.25) is 9.69 Å². The number of nitrogens with one attached hydrogen (secondary N) is 1. The highest BCUT2D eigenvalue weighted by molar-refractivity contribution is 5.85. The van der Waals surface area contributed by atoms with Crippen LogP contribution >= 0.6 is 24.8 Å². The van der Waals surface area contributed by atoms with Crippen molar-refractivity contribution in [2.45, 2.75) is 51.6 Å². The van der Waals surface area contributed by atoms with E-state index in [0.717, 1.165) is 24.4 Å². The molecule has 1 amide bonds. The summed E-state index contributed by atoms with van der Waals surface area (Å²) in [5.41, 5.74) is 7.16. The lowest BCUT2D eigenvalue weighted by Gasteiger charge is -2.35. The maximum Gasteiger partial charge on any atom is 0.236 e. The molecule has 0 saturated carbocycles. The third kappa shape index (κ3) is 7.86. The lowest BCUT2D eigenvalue weighted by molar-refractivity contribution is -0.123. The van der Waals surface area contributed by atoms with Crippen molar-refractivity contribution < 1.29 is 9.53 Å². The standard InChI is InChI=1S/C20H33N3O2.2ClH/c1-15(2)13-17(21)20(24)22-14-18(23-11-7-4-8-12-23)16-9-5-6-10-19(16)25-3;;/h5-6,9-10,15,17-18H,4,7-8,11-14,21H2,1-3H3,(H,22,24);2*1H/t17-,18?;;/m0../s1. The first kappa shape index (κ1) is 26.0. The highest BCUT2D eigenvalue weighted by Crippen LogP contribution is 2.30. The Labute approximate surface area is 176 Å². The van der Waals surface area contributed by atoms with E-state index in [1.807, 2.05) is 18.2 Å². The third-order valence-corrected chi connectivity index (χ3v) is 4.86. The van der Waals surface area contributed by atoms with Gasteiger partial charge in [-0.2, -0.15) is 0 Å². The molecule has 1 aliphatic heterocycles. The zero-order valence-corrected chi connectivity index (χ0v) is 18.3. The molecule has 156 valence electrons. The average molecular weight is 420 g/mol. The SMILES string of the molecule is COc1ccccc1C(CNC(=O)[C@@H](N)CC(C)C)N1CCCCC1.Cl.Cl. The lowest BCUT2D eigenvalue weighted by Crippen LogP contribution is -2.46. The van der Waals surface area contributed by atoms with Gasteiger partial charge >= 0.3 is 0 Å². The summed E-state index contributed by atoms with van der Waals surface area (Å²) in [6.45, 7) is 6.83. The van der Waals surface area contributed by atoms with E-state index in [4.69, 9.17) is 10.5 Å². The second-order valence-corrected chi connectivity index (χ2v) is 7.34. The third-order valence-electron chi connectivity index (χ3n) is 4.86. The largest absolute Gasteiger partial charge is 0.496 e. The minimum Gasteiger partial charge on any atom is -0.496 e. The van der Waals surface area contributed by atoms with Gasteiger partial charge in [-0.15, -0.1) is 24.8 Å². The normalized spacial score (nSPS) is 16.6. The number of amides is 1. The molecule has 0 spiro atoms. The monoisotopic (exact) mass is 419 g/mol. The van der Waals surface area contributed by atoms with Crippen LogP contribution in [0, 0.1) is 5.92 Å². The summed E-state index contributed by atoms with van der Waals surface area (Å²) in [6, 6.07) is 7.76. The van der Waals surface area contributed by atoms with E-state index >= 15 is 0 Å². The van der Waals surface area contributed by atoms with E-state index in [-0.39, 0.29) is 36.8 Å². The fraction of sp³-hybridized carbons (Fsp3) is 0.650. The highest BCUT2D eigenvalue weighted by atomic mass is 35.5. The van der Waals surface area contributed by atoms with E-state index in [1.165, 1.54) is 19.3 Å². The minimum absolute atomic E-state index is 0. The van der Waals surface area contributed by atoms with Crippen LogP contribution in [-0.4, -0.2) is 43.6 Å². The van der Waals surface area contributed by atoms with E-state index in [9.17, 15) is 4.79 Å². The molecule has 2 rings (SSSR count). The number of piperidine rings is 1. The number of benzene rings is 1. The Bertz CT molecular complexity index is 552. The molecule has 7 heteroatoms. The van der Waals surface area contributed by atoms with Gasteiger partial charge in [0.2, 0.25) is 5.91 Å². The second kappa shape index (κ2) is 13.2. The number of hydrogen-bond donors (Lipinski definition) is 2. The van der Waals surface area contributed by atoms with E-state index in [1.54, 1.807) is 7.11 Å². The van der Waals surface area contributed by atoms with Crippen molar-refractivity contribution in [1.82, 2.24) is 10.2 Å². The summed E-state index contributed by atoms with van der Waals surface area (Å²) in [5.74, 6) is 1.22. The zero-order chi connectivity index (χ0) is 18.2. The van der Waals surface area contributed by atoms with E-state index in [2.05, 4.69) is 30.1 Å². The molecule has 1 saturated heterocycles. The number of nitrogens with zero attached hydrogens (tertiary/aromatic N) is 1. The van der Waals surface area contributed by atoms with Crippen LogP contribution < -0.4 is 15.8 Å². The number of ether oxygens (including phenoxy) is 1. The molecule has 1 aromatic carbocycles. The number of methoxy groups -OCH3 is 1. The van der Waals surface area contributed by atoms with Gasteiger partial charge in [-0.1, -0.05) is 38.5 Å². The minimum atomic E-state index is -0.445. The van der Waals surface area contributed by atoms with Crippen molar-refractivity contribution in [3.8, 4) is 5.75 Å². The number of hydrogen-bond acceptors (Lipinski definition) is 4. The van der Waals surface area contributed by atoms with Crippen molar-refractivity contribution in [2.75, 3.05) is 26.7 Å². The fourth-order valence-electron chi connectivity index (χ4n) is 3.55. The van der Waals surface area contributed by atoms with Crippen molar-refractivity contribution in [1.29, 1.82) is 0 Å². The number of rotatable bonds is 8. The predicted octanol–water partition coefficient (Wildman–Crippen LogP) is 3.56. The molecule has 3 N–H and O–H groups in total. The van der Waals surface area contributed by atoms with Crippen LogP contribution in [0.3, 0.4) is 0 Å². The Morgan fingerprint density at radius 2 is 1.81 bits per heavy atom. The Morgan fingerprint density at radius 1 is 1.19 bits per heavy atom. The zero-order valence-electron chi connectivity index (χ0n) is 16.6. The maximum absolute atomic E-state index is 12.4. The van der Waals surface area contributed by atoms with Gasteiger partial charge in [-0.05, 0) is 44.3 Å². The van der Waals surface area contributed by atoms with Gasteiger partial charge in [-0.25, -0.2) is 0 Å². The van der Waals surface area contributed by atoms with Gasteiger partial charge in [0.25, 0.3) is 0 Å². The van der Waals surface area contributed by atoms with Crippen molar-refractivity contribution >= 4 is 30.7 Å². The van der Waals surface area contributed by atoms with Gasteiger partial charge in [0, 0.05) is 12.1 Å². The second-order valence-electron chi connectivity index (χ2n) is 7.34. The molecular formula is C20H35Cl2N3O2. The Kier molecular flexibility index (Phi) is 12.7. The van der Waals surface area contributed by atoms with Crippen LogP contribution in [0.5, 0.6) is 5.75 Å². The Balaban J connectivity index is 0.00000338. The van der Waals surface area contributed by atoms with Crippen LogP contribution in [0.4, 0.5) is 0 Å². The number of carbonyl (C=O) groups is 1. The molecular weight excluding hydrogens is 385 g/mol. The molecule has 5 nitrogen and oxygen atoms in total. The number of para-hydroxylation sites is 1. The predicted molar refractivity (Wildman–Crippen MR) is 116 cm³/mol. The quantitative estimate of drug-likeness (QED) is 0.675. The molecule has 0 bridgehead atoms. The molecule has 1 fully saturated rings. The van der Waals surface area contributed by atoms with Gasteiger partial charge in [0.15, 0.2) is 0 Å². The number of halogens is 2. The topological polar surface area (TPSA) is 67.6 Å². The summed E-state index contributed by atoms with van der Waals surface area (Å²) >= 11 is 0. The van der Waals surface area contributed by atoms with Gasteiger partial charge < -0.3 is 15.8 Å². The van der Waals surface area contributed by atoms with Crippen molar-refractivity contribution in [3.63, 3.8) is 0 Å². The van der Waals surface area contributed by atoms with Crippen LogP contribution in [0.2, 0.25) is 0 Å². The fourth-order valence-corrected chi connectivity index (χ4v) is 3.55. The Hall–Kier alpha value is -1.01. The summed E-state index contributed by atoms with van der Waals surface area (Å²) in [6.07, 6.45) is 4.38. The van der Waals surface area contributed by atoms with Crippen LogP contribution in [0.1, 0.15) is 51.1 Å². The first-order valence-corrected chi connectivity index (χ1v) is 9.43. The van der Waals surface area contributed by atoms with Crippen molar-refractivity contribution in [3.05, 3.63) is 29.8 Å². The molecule has 2 atom stereocenters. The summed E-state index contributed by atoms with van der Waals surface area (Å²) in [4.78, 5) is 14.8. The number of carbonyl (C=O) groups excluding carboxylic acids is 1. The molecule has 1 unspecified atom stereocenters. The van der Waals surface area contributed by atoms with E-state index in [0.29, 0.717) is 18.9 Å². The van der Waals surface area contributed by atoms with E-state index < -0.39 is 6.04 Å². The Morgan fingerprint density at radius 3 is 2.41 bits per heavy atom. The molecule has 0 aliphatic carbocycles. The van der Waals surface area contributed by atoms with Gasteiger partial charge in [0.05, 0.1) is 19.2 Å². The molecule has 0 aromatic heterocycles. The lowest BCUT2D eigenvalue weighted by atomic mass is 10.00. The van der Waals surface area contributed by atoms with Crippen molar-refractivity contribution in [2.24, 2.45) is 11.7 Å². The first-order valence-electron chi connectivity index (χ1n) is 9.43. The smallest absolute Gasteiger partial charge is 0.236 e. The molecule has 1 aromatic rings. The van der Waals surface area contributed by atoms with Crippen LogP contribution in [0.25, 0.3) is 0 Å². The summed E-state index contributed by atoms with van der Waals surface area (Å²) in [7, 11) is 1.70. The average Bonchev–Trinajstić information content (AvgIpc) is 2.62. The summed E-state index contributed by atoms with van der Waals surface area (Å²) in [5, 5.41) is 3.07. The molecule has 27 heavy (non-hydrogen) atoms. The highest BCUT2D eigenvalue weighted by Gasteiger charge is 2.26. The molecule has 0 radical (unpaired) electrons. The van der Waals surface area contributed by atoms with Crippen LogP contribution in [0.15, 0.2) is 24.3 Å².